The number of likely N-dealkylation sites (N-methyl/N-ethyl adjacent to an activating group) is 1. The number of amides is 1. The minimum atomic E-state index is -0.803. The Kier molecular flexibility index (Phi) is 7.43. The summed E-state index contributed by atoms with van der Waals surface area (Å²) in [6, 6.07) is 10.9. The van der Waals surface area contributed by atoms with E-state index in [-0.39, 0.29) is 16.2 Å². The molecule has 3 rings (SSSR count). The van der Waals surface area contributed by atoms with Crippen LogP contribution in [0.15, 0.2) is 48.0 Å². The van der Waals surface area contributed by atoms with Gasteiger partial charge in [0.2, 0.25) is 5.78 Å². The van der Waals surface area contributed by atoms with E-state index in [1.165, 1.54) is 18.1 Å². The van der Waals surface area contributed by atoms with Crippen molar-refractivity contribution in [3.8, 4) is 11.5 Å². The second kappa shape index (κ2) is 10.1. The number of benzene rings is 2. The highest BCUT2D eigenvalue weighted by Gasteiger charge is 2.44. The highest BCUT2D eigenvalue weighted by Crippen LogP contribution is 2.40. The van der Waals surface area contributed by atoms with Crippen LogP contribution in [-0.4, -0.2) is 57.5 Å². The van der Waals surface area contributed by atoms with Gasteiger partial charge in [0.15, 0.2) is 0 Å². The lowest BCUT2D eigenvalue weighted by molar-refractivity contribution is -0.857. The second-order valence-corrected chi connectivity index (χ2v) is 8.19. The van der Waals surface area contributed by atoms with Crippen LogP contribution in [0.5, 0.6) is 11.5 Å². The molecule has 32 heavy (non-hydrogen) atoms. The summed E-state index contributed by atoms with van der Waals surface area (Å²) in [5.41, 5.74) is 0.775. The van der Waals surface area contributed by atoms with Crippen LogP contribution in [0.4, 0.5) is 0 Å². The van der Waals surface area contributed by atoms with Crippen molar-refractivity contribution in [3.63, 3.8) is 0 Å². The number of carbonyl (C=O) groups is 2. The SMILES string of the molecule is CCOc1ccc(/C([O-])=C2\C(=O)C(=O)N(CC[NH+](C)C)C2c2cccc(OC)c2)cc1Cl. The van der Waals surface area contributed by atoms with Crippen molar-refractivity contribution in [3.05, 3.63) is 64.2 Å². The van der Waals surface area contributed by atoms with Crippen LogP contribution >= 0.6 is 11.6 Å². The number of hydrogen-bond acceptors (Lipinski definition) is 5. The molecule has 8 heteroatoms. The van der Waals surface area contributed by atoms with Gasteiger partial charge in [0.1, 0.15) is 11.5 Å². The van der Waals surface area contributed by atoms with E-state index in [4.69, 9.17) is 21.1 Å². The molecule has 1 aliphatic rings. The normalized spacial score (nSPS) is 17.8. The molecule has 1 atom stereocenters. The molecule has 1 saturated heterocycles. The fraction of sp³-hybridized carbons (Fsp3) is 0.333. The van der Waals surface area contributed by atoms with E-state index >= 15 is 0 Å². The number of Topliss-reactive ketones (excluding diaryl/α,β-unsaturated/α-hetero) is 1. The first-order chi connectivity index (χ1) is 15.3. The van der Waals surface area contributed by atoms with Gasteiger partial charge in [-0.05, 0) is 42.3 Å². The zero-order chi connectivity index (χ0) is 23.4. The first-order valence-corrected chi connectivity index (χ1v) is 10.8. The van der Waals surface area contributed by atoms with Crippen molar-refractivity contribution in [2.45, 2.75) is 13.0 Å². The maximum absolute atomic E-state index is 13.5. The van der Waals surface area contributed by atoms with Crippen molar-refractivity contribution in [2.75, 3.05) is 40.9 Å². The number of likely N-dealkylation sites (tertiary alicyclic amines) is 1. The molecule has 1 N–H and O–H groups in total. The number of rotatable bonds is 8. The number of methoxy groups -OCH3 is 1. The molecule has 1 amide bonds. The molecule has 1 aliphatic heterocycles. The monoisotopic (exact) mass is 458 g/mol. The summed E-state index contributed by atoms with van der Waals surface area (Å²) in [5.74, 6) is -0.977. The van der Waals surface area contributed by atoms with Gasteiger partial charge >= 0.3 is 0 Å². The molecule has 1 fully saturated rings. The van der Waals surface area contributed by atoms with Crippen LogP contribution in [0.1, 0.15) is 24.1 Å². The summed E-state index contributed by atoms with van der Waals surface area (Å²) in [7, 11) is 5.45. The lowest BCUT2D eigenvalue weighted by atomic mass is 9.95. The van der Waals surface area contributed by atoms with Gasteiger partial charge in [0.25, 0.3) is 5.91 Å². The van der Waals surface area contributed by atoms with Crippen molar-refractivity contribution < 1.29 is 29.1 Å². The van der Waals surface area contributed by atoms with Gasteiger partial charge in [-0.3, -0.25) is 9.59 Å². The molecular weight excluding hydrogens is 432 g/mol. The zero-order valence-corrected chi connectivity index (χ0v) is 19.4. The third kappa shape index (κ3) is 4.74. The minimum absolute atomic E-state index is 0.0859. The Morgan fingerprint density at radius 1 is 1.19 bits per heavy atom. The quantitative estimate of drug-likeness (QED) is 0.364. The Hall–Kier alpha value is -3.03. The van der Waals surface area contributed by atoms with E-state index in [0.717, 1.165) is 4.90 Å². The number of carbonyl (C=O) groups excluding carboxylic acids is 2. The van der Waals surface area contributed by atoms with Crippen LogP contribution < -0.4 is 19.5 Å². The lowest BCUT2D eigenvalue weighted by Crippen LogP contribution is -3.06. The summed E-state index contributed by atoms with van der Waals surface area (Å²) in [5, 5.41) is 13.7. The number of hydrogen-bond donors (Lipinski definition) is 1. The van der Waals surface area contributed by atoms with Crippen LogP contribution in [0.3, 0.4) is 0 Å². The molecule has 1 heterocycles. The zero-order valence-electron chi connectivity index (χ0n) is 18.6. The molecule has 0 spiro atoms. The number of halogens is 1. The number of ether oxygens (including phenoxy) is 2. The van der Waals surface area contributed by atoms with E-state index in [1.807, 2.05) is 21.0 Å². The Morgan fingerprint density at radius 3 is 2.56 bits per heavy atom. The van der Waals surface area contributed by atoms with E-state index < -0.39 is 23.5 Å². The number of quaternary nitrogens is 1. The van der Waals surface area contributed by atoms with Crippen molar-refractivity contribution >= 4 is 29.1 Å². The summed E-state index contributed by atoms with van der Waals surface area (Å²) in [6.45, 7) is 3.21. The standard InChI is InChI=1S/C24H27ClN2O5/c1-5-32-19-10-9-16(14-18(19)25)22(28)20-21(15-7-6-8-17(13-15)31-4)27(12-11-26(2)3)24(30)23(20)29/h6-10,13-14,21,28H,5,11-12H2,1-4H3/b22-20+. The van der Waals surface area contributed by atoms with Crippen molar-refractivity contribution in [1.82, 2.24) is 4.90 Å². The van der Waals surface area contributed by atoms with E-state index in [0.29, 0.717) is 36.8 Å². The van der Waals surface area contributed by atoms with Gasteiger partial charge in [0, 0.05) is 5.57 Å². The smallest absolute Gasteiger partial charge is 0.295 e. The first-order valence-electron chi connectivity index (χ1n) is 10.4. The van der Waals surface area contributed by atoms with Crippen LogP contribution in [-0.2, 0) is 9.59 Å². The average molecular weight is 459 g/mol. The van der Waals surface area contributed by atoms with Gasteiger partial charge in [-0.2, -0.15) is 0 Å². The predicted octanol–water partition coefficient (Wildman–Crippen LogP) is 1.12. The fourth-order valence-corrected chi connectivity index (χ4v) is 3.91. The third-order valence-electron chi connectivity index (χ3n) is 5.29. The highest BCUT2D eigenvalue weighted by atomic mass is 35.5. The Balaban J connectivity index is 2.14. The topological polar surface area (TPSA) is 83.3 Å². The second-order valence-electron chi connectivity index (χ2n) is 7.78. The van der Waals surface area contributed by atoms with E-state index in [1.54, 1.807) is 36.4 Å². The molecule has 0 aliphatic carbocycles. The van der Waals surface area contributed by atoms with Gasteiger partial charge in [-0.25, -0.2) is 0 Å². The predicted molar refractivity (Wildman–Crippen MR) is 120 cm³/mol. The summed E-state index contributed by atoms with van der Waals surface area (Å²) in [6.07, 6.45) is 0. The van der Waals surface area contributed by atoms with E-state index in [9.17, 15) is 14.7 Å². The molecular formula is C24H27ClN2O5. The molecule has 2 aromatic carbocycles. The molecule has 170 valence electrons. The van der Waals surface area contributed by atoms with Crippen molar-refractivity contribution in [1.29, 1.82) is 0 Å². The summed E-state index contributed by atoms with van der Waals surface area (Å²) in [4.78, 5) is 28.5. The first kappa shape index (κ1) is 23.6. The van der Waals surface area contributed by atoms with Gasteiger partial charge < -0.3 is 24.4 Å². The van der Waals surface area contributed by atoms with Gasteiger partial charge in [-0.1, -0.05) is 35.6 Å². The van der Waals surface area contributed by atoms with Crippen LogP contribution in [0.2, 0.25) is 5.02 Å². The molecule has 1 unspecified atom stereocenters. The third-order valence-corrected chi connectivity index (χ3v) is 5.58. The minimum Gasteiger partial charge on any atom is -0.872 e. The summed E-state index contributed by atoms with van der Waals surface area (Å²) < 4.78 is 10.7. The molecule has 7 nitrogen and oxygen atoms in total. The van der Waals surface area contributed by atoms with Crippen molar-refractivity contribution in [2.24, 2.45) is 0 Å². The maximum Gasteiger partial charge on any atom is 0.295 e. The van der Waals surface area contributed by atoms with Gasteiger partial charge in [0.05, 0.1) is 52.0 Å². The molecule has 0 aromatic heterocycles. The van der Waals surface area contributed by atoms with Crippen LogP contribution in [0.25, 0.3) is 5.76 Å². The largest absolute Gasteiger partial charge is 0.872 e. The summed E-state index contributed by atoms with van der Waals surface area (Å²) >= 11 is 6.26. The Bertz CT molecular complexity index is 1050. The number of ketones is 1. The lowest BCUT2D eigenvalue weighted by Gasteiger charge is -2.28. The highest BCUT2D eigenvalue weighted by molar-refractivity contribution is 6.46. The Morgan fingerprint density at radius 2 is 1.94 bits per heavy atom. The molecule has 0 saturated carbocycles. The molecule has 0 radical (unpaired) electrons. The fourth-order valence-electron chi connectivity index (χ4n) is 3.67. The number of nitrogens with one attached hydrogen (secondary N) is 1. The van der Waals surface area contributed by atoms with Gasteiger partial charge in [-0.15, -0.1) is 0 Å². The molecule has 2 aromatic rings. The Labute approximate surface area is 192 Å². The van der Waals surface area contributed by atoms with E-state index in [2.05, 4.69) is 0 Å². The number of nitrogens with zero attached hydrogens (tertiary/aromatic N) is 1. The molecule has 0 bridgehead atoms. The van der Waals surface area contributed by atoms with Crippen LogP contribution in [0, 0.1) is 0 Å². The average Bonchev–Trinajstić information content (AvgIpc) is 3.03. The maximum atomic E-state index is 13.5.